The molecule has 0 aliphatic heterocycles. The van der Waals surface area contributed by atoms with Gasteiger partial charge >= 0.3 is 0 Å². The van der Waals surface area contributed by atoms with Gasteiger partial charge in [0, 0.05) is 12.2 Å². The van der Waals surface area contributed by atoms with Gasteiger partial charge in [-0.1, -0.05) is 0 Å². The summed E-state index contributed by atoms with van der Waals surface area (Å²) in [6, 6.07) is 3.56. The van der Waals surface area contributed by atoms with Gasteiger partial charge in [0.15, 0.2) is 6.29 Å². The second-order valence-corrected chi connectivity index (χ2v) is 1.63. The van der Waals surface area contributed by atoms with Crippen molar-refractivity contribution in [3.63, 3.8) is 0 Å². The number of carbonyl (C=O) groups is 1. The van der Waals surface area contributed by atoms with Gasteiger partial charge in [-0.25, -0.2) is 0 Å². The molecule has 2 nitrogen and oxygen atoms in total. The van der Waals surface area contributed by atoms with Crippen molar-refractivity contribution in [2.45, 2.75) is 0 Å². The number of allylic oxidation sites excluding steroid dienone is 1. The summed E-state index contributed by atoms with van der Waals surface area (Å²) in [5, 5.41) is 0. The Balaban J connectivity index is 2.72. The average molecular weight is 134 g/mol. The highest BCUT2D eigenvalue weighted by Crippen LogP contribution is 1.99. The number of aldehydes is 1. The van der Waals surface area contributed by atoms with Gasteiger partial charge in [0.05, 0.1) is 6.26 Å². The summed E-state index contributed by atoms with van der Waals surface area (Å²) in [5.41, 5.74) is 2.63. The summed E-state index contributed by atoms with van der Waals surface area (Å²) in [7, 11) is 0. The van der Waals surface area contributed by atoms with Gasteiger partial charge in [0.2, 0.25) is 0 Å². The third kappa shape index (κ3) is 1.77. The van der Waals surface area contributed by atoms with Gasteiger partial charge in [-0.15, -0.1) is 5.73 Å². The molecule has 0 unspecified atom stereocenters. The zero-order chi connectivity index (χ0) is 7.23. The van der Waals surface area contributed by atoms with E-state index in [0.29, 0.717) is 12.0 Å². The van der Waals surface area contributed by atoms with Crippen molar-refractivity contribution in [1.29, 1.82) is 0 Å². The SMILES string of the molecule is O=CC=C=Cc1ccco1. The molecule has 1 aromatic heterocycles. The standard InChI is InChI=1S/C8H6O2/c9-6-2-1-4-8-5-3-7-10-8/h2-7H. The molecule has 0 N–H and O–H groups in total. The molecule has 0 aromatic carbocycles. The van der Waals surface area contributed by atoms with Crippen LogP contribution in [-0.2, 0) is 4.79 Å². The lowest BCUT2D eigenvalue weighted by Gasteiger charge is -1.74. The largest absolute Gasteiger partial charge is 0.464 e. The second-order valence-electron chi connectivity index (χ2n) is 1.63. The molecule has 2 heteroatoms. The predicted octanol–water partition coefficient (Wildman–Crippen LogP) is 1.65. The summed E-state index contributed by atoms with van der Waals surface area (Å²) in [6.45, 7) is 0. The molecule has 0 saturated heterocycles. The molecule has 50 valence electrons. The predicted molar refractivity (Wildman–Crippen MR) is 37.3 cm³/mol. The van der Waals surface area contributed by atoms with Crippen LogP contribution in [0.25, 0.3) is 6.08 Å². The maximum Gasteiger partial charge on any atom is 0.150 e. The molecule has 1 heterocycles. The maximum absolute atomic E-state index is 9.76. The van der Waals surface area contributed by atoms with Gasteiger partial charge in [-0.05, 0) is 12.1 Å². The first-order valence-electron chi connectivity index (χ1n) is 2.83. The monoisotopic (exact) mass is 134 g/mol. The Morgan fingerprint density at radius 3 is 3.10 bits per heavy atom. The van der Waals surface area contributed by atoms with Crippen molar-refractivity contribution in [1.82, 2.24) is 0 Å². The Bertz CT molecular complexity index is 251. The molecule has 0 spiro atoms. The van der Waals surface area contributed by atoms with Gasteiger partial charge in [0.25, 0.3) is 0 Å². The van der Waals surface area contributed by atoms with Gasteiger partial charge in [-0.2, -0.15) is 0 Å². The highest BCUT2D eigenvalue weighted by molar-refractivity contribution is 5.65. The highest BCUT2D eigenvalue weighted by atomic mass is 16.3. The Morgan fingerprint density at radius 2 is 2.50 bits per heavy atom. The first kappa shape index (κ1) is 6.59. The van der Waals surface area contributed by atoms with Crippen LogP contribution in [0, 0.1) is 0 Å². The number of hydrogen-bond donors (Lipinski definition) is 0. The minimum Gasteiger partial charge on any atom is -0.464 e. The quantitative estimate of drug-likeness (QED) is 0.349. The molecule has 0 fully saturated rings. The van der Waals surface area contributed by atoms with E-state index in [4.69, 9.17) is 4.42 Å². The van der Waals surface area contributed by atoms with Crippen molar-refractivity contribution in [2.75, 3.05) is 0 Å². The zero-order valence-corrected chi connectivity index (χ0v) is 5.28. The molecule has 0 aliphatic carbocycles. The van der Waals surface area contributed by atoms with E-state index in [1.165, 1.54) is 6.08 Å². The fourth-order valence-corrected chi connectivity index (χ4v) is 0.543. The fraction of sp³-hybridized carbons (Fsp3) is 0. The summed E-state index contributed by atoms with van der Waals surface area (Å²) in [5.74, 6) is 0.693. The first-order chi connectivity index (χ1) is 4.93. The van der Waals surface area contributed by atoms with Crippen LogP contribution in [0.3, 0.4) is 0 Å². The molecular formula is C8H6O2. The molecule has 0 radical (unpaired) electrons. The van der Waals surface area contributed by atoms with E-state index in [1.54, 1.807) is 24.5 Å². The molecule has 0 bridgehead atoms. The Hall–Kier alpha value is -1.53. The van der Waals surface area contributed by atoms with Crippen LogP contribution in [0.1, 0.15) is 5.76 Å². The van der Waals surface area contributed by atoms with Crippen LogP contribution in [0.2, 0.25) is 0 Å². The van der Waals surface area contributed by atoms with Crippen molar-refractivity contribution in [3.05, 3.63) is 36.0 Å². The summed E-state index contributed by atoms with van der Waals surface area (Å²) < 4.78 is 4.93. The first-order valence-corrected chi connectivity index (χ1v) is 2.83. The Labute approximate surface area is 58.5 Å². The van der Waals surface area contributed by atoms with Crippen molar-refractivity contribution < 1.29 is 9.21 Å². The van der Waals surface area contributed by atoms with Crippen LogP contribution in [0.4, 0.5) is 0 Å². The normalized spacial score (nSPS) is 8.00. The van der Waals surface area contributed by atoms with E-state index in [1.807, 2.05) is 0 Å². The molecule has 0 aliphatic rings. The van der Waals surface area contributed by atoms with Crippen LogP contribution in [0.15, 0.2) is 34.6 Å². The van der Waals surface area contributed by atoms with Crippen LogP contribution in [0.5, 0.6) is 0 Å². The maximum atomic E-state index is 9.76. The topological polar surface area (TPSA) is 30.2 Å². The lowest BCUT2D eigenvalue weighted by Crippen LogP contribution is -1.56. The summed E-state index contributed by atoms with van der Waals surface area (Å²) in [4.78, 5) is 9.76. The molecule has 0 amide bonds. The van der Waals surface area contributed by atoms with Crippen LogP contribution in [-0.4, -0.2) is 6.29 Å². The molecule has 0 saturated carbocycles. The highest BCUT2D eigenvalue weighted by Gasteiger charge is 1.82. The minimum absolute atomic E-state index is 0.666. The van der Waals surface area contributed by atoms with E-state index in [9.17, 15) is 4.79 Å². The van der Waals surface area contributed by atoms with Crippen LogP contribution < -0.4 is 0 Å². The molecular weight excluding hydrogens is 128 g/mol. The molecule has 0 atom stereocenters. The fourth-order valence-electron chi connectivity index (χ4n) is 0.543. The Kier molecular flexibility index (Phi) is 2.30. The van der Waals surface area contributed by atoms with E-state index >= 15 is 0 Å². The van der Waals surface area contributed by atoms with Crippen LogP contribution >= 0.6 is 0 Å². The van der Waals surface area contributed by atoms with E-state index < -0.39 is 0 Å². The van der Waals surface area contributed by atoms with Gasteiger partial charge in [-0.3, -0.25) is 4.79 Å². The number of hydrogen-bond acceptors (Lipinski definition) is 2. The lowest BCUT2D eigenvalue weighted by molar-refractivity contribution is -0.104. The smallest absolute Gasteiger partial charge is 0.150 e. The van der Waals surface area contributed by atoms with E-state index in [0.717, 1.165) is 0 Å². The van der Waals surface area contributed by atoms with Crippen molar-refractivity contribution >= 4 is 12.4 Å². The van der Waals surface area contributed by atoms with Gasteiger partial charge in [0.1, 0.15) is 5.76 Å². The second kappa shape index (κ2) is 3.49. The van der Waals surface area contributed by atoms with E-state index in [-0.39, 0.29) is 0 Å². The third-order valence-corrected chi connectivity index (χ3v) is 0.933. The number of furan rings is 1. The van der Waals surface area contributed by atoms with E-state index in [2.05, 4.69) is 5.73 Å². The summed E-state index contributed by atoms with van der Waals surface area (Å²) >= 11 is 0. The lowest BCUT2D eigenvalue weighted by atomic mass is 10.4. The molecule has 1 aromatic rings. The summed E-state index contributed by atoms with van der Waals surface area (Å²) in [6.07, 6.45) is 5.10. The number of rotatable bonds is 2. The zero-order valence-electron chi connectivity index (χ0n) is 5.28. The van der Waals surface area contributed by atoms with Crippen molar-refractivity contribution in [2.24, 2.45) is 0 Å². The molecule has 1 rings (SSSR count). The van der Waals surface area contributed by atoms with Gasteiger partial charge < -0.3 is 4.42 Å². The van der Waals surface area contributed by atoms with Crippen molar-refractivity contribution in [3.8, 4) is 0 Å². The minimum atomic E-state index is 0.666. The third-order valence-electron chi connectivity index (χ3n) is 0.933. The Morgan fingerprint density at radius 1 is 1.60 bits per heavy atom. The molecule has 10 heavy (non-hydrogen) atoms. The number of carbonyl (C=O) groups excluding carboxylic acids is 1. The average Bonchev–Trinajstić information content (AvgIpc) is 2.41.